The van der Waals surface area contributed by atoms with Gasteiger partial charge < -0.3 is 10.7 Å². The van der Waals surface area contributed by atoms with Gasteiger partial charge in [-0.2, -0.15) is 0 Å². The third kappa shape index (κ3) is 3.74. The van der Waals surface area contributed by atoms with Crippen molar-refractivity contribution in [1.82, 2.24) is 5.32 Å². The maximum absolute atomic E-state index is 12.4. The molecule has 0 heterocycles. The molecule has 21 heavy (non-hydrogen) atoms. The summed E-state index contributed by atoms with van der Waals surface area (Å²) in [6.07, 6.45) is 0. The van der Waals surface area contributed by atoms with Gasteiger partial charge in [-0.05, 0) is 43.7 Å². The van der Waals surface area contributed by atoms with E-state index in [9.17, 15) is 4.79 Å². The van der Waals surface area contributed by atoms with Crippen LogP contribution >= 0.6 is 11.6 Å². The molecule has 0 saturated carbocycles. The average Bonchev–Trinajstić information content (AvgIpc) is 2.47. The van der Waals surface area contributed by atoms with Crippen molar-refractivity contribution >= 4 is 23.2 Å². The summed E-state index contributed by atoms with van der Waals surface area (Å²) in [6.45, 7) is 3.85. The molecule has 0 fully saturated rings. The van der Waals surface area contributed by atoms with E-state index < -0.39 is 0 Å². The van der Waals surface area contributed by atoms with Crippen LogP contribution < -0.4 is 16.6 Å². The fourth-order valence-electron chi connectivity index (χ4n) is 2.08. The highest BCUT2D eigenvalue weighted by atomic mass is 35.5. The van der Waals surface area contributed by atoms with Gasteiger partial charge in [0.2, 0.25) is 0 Å². The third-order valence-electron chi connectivity index (χ3n) is 3.29. The van der Waals surface area contributed by atoms with Gasteiger partial charge in [0.05, 0.1) is 17.3 Å². The lowest BCUT2D eigenvalue weighted by molar-refractivity contribution is 0.0940. The number of nitrogen functional groups attached to an aromatic ring is 1. The highest BCUT2D eigenvalue weighted by Gasteiger charge is 2.14. The number of carbonyl (C=O) groups excluding carboxylic acids is 1. The van der Waals surface area contributed by atoms with Crippen LogP contribution in [0, 0.1) is 6.92 Å². The van der Waals surface area contributed by atoms with Crippen LogP contribution in [-0.2, 0) is 0 Å². The number of nitrogens with one attached hydrogen (secondary N) is 2. The second-order valence-electron chi connectivity index (χ2n) is 4.94. The van der Waals surface area contributed by atoms with Gasteiger partial charge >= 0.3 is 0 Å². The standard InChI is InChI=1S/C16H18ClN3O/c1-10-3-8-15(20-18)14(9-10)16(21)19-11(2)12-4-6-13(17)7-5-12/h3-9,11,20H,18H2,1-2H3,(H,19,21). The lowest BCUT2D eigenvalue weighted by Gasteiger charge is -2.16. The third-order valence-corrected chi connectivity index (χ3v) is 3.54. The molecule has 1 amide bonds. The largest absolute Gasteiger partial charge is 0.345 e. The smallest absolute Gasteiger partial charge is 0.253 e. The number of aryl methyl sites for hydroxylation is 1. The Hall–Kier alpha value is -2.04. The van der Waals surface area contributed by atoms with E-state index in [-0.39, 0.29) is 11.9 Å². The molecule has 0 spiro atoms. The van der Waals surface area contributed by atoms with Gasteiger partial charge in [0.25, 0.3) is 5.91 Å². The maximum Gasteiger partial charge on any atom is 0.253 e. The van der Waals surface area contributed by atoms with Gasteiger partial charge in [-0.1, -0.05) is 35.4 Å². The number of halogens is 1. The number of carbonyl (C=O) groups is 1. The Labute approximate surface area is 129 Å². The molecule has 0 saturated heterocycles. The van der Waals surface area contributed by atoms with Crippen LogP contribution in [0.3, 0.4) is 0 Å². The van der Waals surface area contributed by atoms with E-state index in [1.807, 2.05) is 32.0 Å². The van der Waals surface area contributed by atoms with Gasteiger partial charge in [-0.3, -0.25) is 10.6 Å². The van der Waals surface area contributed by atoms with Crippen LogP contribution in [0.1, 0.15) is 34.5 Å². The number of hydrogen-bond acceptors (Lipinski definition) is 3. The first-order valence-corrected chi connectivity index (χ1v) is 7.02. The van der Waals surface area contributed by atoms with Gasteiger partial charge in [0.15, 0.2) is 0 Å². The van der Waals surface area contributed by atoms with E-state index >= 15 is 0 Å². The fraction of sp³-hybridized carbons (Fsp3) is 0.188. The van der Waals surface area contributed by atoms with Crippen molar-refractivity contribution in [1.29, 1.82) is 0 Å². The van der Waals surface area contributed by atoms with E-state index in [2.05, 4.69) is 10.7 Å². The van der Waals surface area contributed by atoms with Crippen LogP contribution in [0.2, 0.25) is 5.02 Å². The number of rotatable bonds is 4. The summed E-state index contributed by atoms with van der Waals surface area (Å²) in [5, 5.41) is 3.63. The number of anilines is 1. The van der Waals surface area contributed by atoms with Crippen molar-refractivity contribution in [2.75, 3.05) is 5.43 Å². The number of amides is 1. The van der Waals surface area contributed by atoms with Crippen molar-refractivity contribution in [2.24, 2.45) is 5.84 Å². The molecule has 0 aliphatic heterocycles. The molecular weight excluding hydrogens is 286 g/mol. The molecule has 0 radical (unpaired) electrons. The normalized spacial score (nSPS) is 11.8. The molecule has 0 aliphatic carbocycles. The molecule has 5 heteroatoms. The van der Waals surface area contributed by atoms with Crippen LogP contribution in [0.25, 0.3) is 0 Å². The van der Waals surface area contributed by atoms with Gasteiger partial charge in [-0.15, -0.1) is 0 Å². The lowest BCUT2D eigenvalue weighted by atomic mass is 10.1. The molecule has 0 bridgehead atoms. The molecule has 0 aromatic heterocycles. The van der Waals surface area contributed by atoms with Crippen LogP contribution in [0.4, 0.5) is 5.69 Å². The zero-order chi connectivity index (χ0) is 15.4. The maximum atomic E-state index is 12.4. The first-order valence-electron chi connectivity index (χ1n) is 6.65. The Morgan fingerprint density at radius 2 is 1.86 bits per heavy atom. The lowest BCUT2D eigenvalue weighted by Crippen LogP contribution is -2.28. The summed E-state index contributed by atoms with van der Waals surface area (Å²) in [7, 11) is 0. The van der Waals surface area contributed by atoms with Gasteiger partial charge in [0, 0.05) is 5.02 Å². The van der Waals surface area contributed by atoms with E-state index in [1.54, 1.807) is 24.3 Å². The minimum absolute atomic E-state index is 0.124. The number of hydrazine groups is 1. The average molecular weight is 304 g/mol. The summed E-state index contributed by atoms with van der Waals surface area (Å²) < 4.78 is 0. The number of benzene rings is 2. The van der Waals surface area contributed by atoms with E-state index in [1.165, 1.54) is 0 Å². The quantitative estimate of drug-likeness (QED) is 0.599. The monoisotopic (exact) mass is 303 g/mol. The van der Waals surface area contributed by atoms with E-state index in [0.717, 1.165) is 11.1 Å². The first-order chi connectivity index (χ1) is 10.0. The summed E-state index contributed by atoms with van der Waals surface area (Å²) >= 11 is 5.87. The fourth-order valence-corrected chi connectivity index (χ4v) is 2.21. The number of hydrogen-bond donors (Lipinski definition) is 3. The highest BCUT2D eigenvalue weighted by molar-refractivity contribution is 6.30. The van der Waals surface area contributed by atoms with Crippen LogP contribution in [0.5, 0.6) is 0 Å². The van der Waals surface area contributed by atoms with Crippen molar-refractivity contribution in [3.63, 3.8) is 0 Å². The van der Waals surface area contributed by atoms with E-state index in [0.29, 0.717) is 16.3 Å². The highest BCUT2D eigenvalue weighted by Crippen LogP contribution is 2.20. The van der Waals surface area contributed by atoms with Crippen molar-refractivity contribution in [3.05, 3.63) is 64.2 Å². The van der Waals surface area contributed by atoms with Gasteiger partial charge in [-0.25, -0.2) is 0 Å². The first kappa shape index (κ1) is 15.4. The Kier molecular flexibility index (Phi) is 4.83. The van der Waals surface area contributed by atoms with Crippen molar-refractivity contribution in [2.45, 2.75) is 19.9 Å². The molecule has 1 atom stereocenters. The van der Waals surface area contributed by atoms with Crippen LogP contribution in [-0.4, -0.2) is 5.91 Å². The molecule has 4 nitrogen and oxygen atoms in total. The predicted octanol–water partition coefficient (Wildman–Crippen LogP) is 3.43. The molecular formula is C16H18ClN3O. The second kappa shape index (κ2) is 6.61. The number of nitrogens with two attached hydrogens (primary N) is 1. The minimum Gasteiger partial charge on any atom is -0.345 e. The molecule has 0 aliphatic rings. The second-order valence-corrected chi connectivity index (χ2v) is 5.38. The Morgan fingerprint density at radius 3 is 2.48 bits per heavy atom. The molecule has 110 valence electrons. The Bertz CT molecular complexity index is 640. The molecule has 4 N–H and O–H groups in total. The summed E-state index contributed by atoms with van der Waals surface area (Å²) in [4.78, 5) is 12.4. The SMILES string of the molecule is Cc1ccc(NN)c(C(=O)NC(C)c2ccc(Cl)cc2)c1. The zero-order valence-electron chi connectivity index (χ0n) is 12.0. The summed E-state index contributed by atoms with van der Waals surface area (Å²) in [5.41, 5.74) is 5.66. The van der Waals surface area contributed by atoms with Gasteiger partial charge in [0.1, 0.15) is 0 Å². The van der Waals surface area contributed by atoms with Crippen molar-refractivity contribution < 1.29 is 4.79 Å². The molecule has 2 aromatic carbocycles. The molecule has 1 unspecified atom stereocenters. The molecule has 2 rings (SSSR count). The summed E-state index contributed by atoms with van der Waals surface area (Å²) in [5.74, 6) is 5.28. The zero-order valence-corrected chi connectivity index (χ0v) is 12.7. The summed E-state index contributed by atoms with van der Waals surface area (Å²) in [6, 6.07) is 12.8. The van der Waals surface area contributed by atoms with Crippen molar-refractivity contribution in [3.8, 4) is 0 Å². The molecule has 2 aromatic rings. The topological polar surface area (TPSA) is 67.1 Å². The van der Waals surface area contributed by atoms with Crippen LogP contribution in [0.15, 0.2) is 42.5 Å². The van der Waals surface area contributed by atoms with E-state index in [4.69, 9.17) is 17.4 Å². The Balaban J connectivity index is 2.17. The minimum atomic E-state index is -0.172. The Morgan fingerprint density at radius 1 is 1.19 bits per heavy atom. The predicted molar refractivity (Wildman–Crippen MR) is 86.3 cm³/mol.